The van der Waals surface area contributed by atoms with E-state index in [9.17, 15) is 0 Å². The van der Waals surface area contributed by atoms with Crippen LogP contribution in [0.25, 0.3) is 31.3 Å². The zero-order chi connectivity index (χ0) is 34.5. The summed E-state index contributed by atoms with van der Waals surface area (Å²) in [5.41, 5.74) is 14.9. The van der Waals surface area contributed by atoms with Crippen LogP contribution in [-0.4, -0.2) is 0 Å². The van der Waals surface area contributed by atoms with E-state index in [0.29, 0.717) is 0 Å². The van der Waals surface area contributed by atoms with Gasteiger partial charge in [-0.25, -0.2) is 0 Å². The van der Waals surface area contributed by atoms with Crippen LogP contribution in [0.1, 0.15) is 49.9 Å². The summed E-state index contributed by atoms with van der Waals surface area (Å²) in [4.78, 5) is 4.92. The predicted octanol–water partition coefficient (Wildman–Crippen LogP) is 13.9. The summed E-state index contributed by atoms with van der Waals surface area (Å²) < 4.78 is 2.67. The van der Waals surface area contributed by atoms with Crippen molar-refractivity contribution in [3.8, 4) is 11.1 Å². The van der Waals surface area contributed by atoms with Gasteiger partial charge in [0.1, 0.15) is 0 Å². The van der Waals surface area contributed by atoms with E-state index in [1.165, 1.54) is 76.3 Å². The smallest absolute Gasteiger partial charge is 0.0509 e. The van der Waals surface area contributed by atoms with Gasteiger partial charge in [-0.3, -0.25) is 0 Å². The first-order chi connectivity index (χ1) is 24.8. The molecule has 0 unspecified atom stereocenters. The number of nitrogens with zero attached hydrogens (tertiary/aromatic N) is 2. The number of anilines is 6. The molecule has 0 saturated heterocycles. The fraction of sp³-hybridized carbons (Fsp3) is 0.125. The fourth-order valence-electron chi connectivity index (χ4n) is 8.96. The molecule has 3 heteroatoms. The molecular weight excluding hydrogens is 637 g/mol. The van der Waals surface area contributed by atoms with Gasteiger partial charge < -0.3 is 9.80 Å². The van der Waals surface area contributed by atoms with Crippen LogP contribution in [0.4, 0.5) is 34.1 Å². The minimum absolute atomic E-state index is 0.0866. The Bertz CT molecular complexity index is 2650. The van der Waals surface area contributed by atoms with E-state index >= 15 is 0 Å². The van der Waals surface area contributed by atoms with Crippen LogP contribution < -0.4 is 9.80 Å². The zero-order valence-corrected chi connectivity index (χ0v) is 30.1. The Morgan fingerprint density at radius 1 is 0.471 bits per heavy atom. The van der Waals surface area contributed by atoms with Crippen molar-refractivity contribution in [2.45, 2.75) is 38.5 Å². The predicted molar refractivity (Wildman–Crippen MR) is 218 cm³/mol. The molecule has 10 rings (SSSR count). The Balaban J connectivity index is 1.21. The lowest BCUT2D eigenvalue weighted by atomic mass is 9.71. The lowest BCUT2D eigenvalue weighted by Crippen LogP contribution is -2.31. The molecule has 1 aliphatic heterocycles. The molecule has 0 atom stereocenters. The molecule has 0 N–H and O–H groups in total. The number of hydrogen-bond donors (Lipinski definition) is 0. The zero-order valence-electron chi connectivity index (χ0n) is 29.3. The highest BCUT2D eigenvalue weighted by molar-refractivity contribution is 7.25. The van der Waals surface area contributed by atoms with Crippen molar-refractivity contribution >= 4 is 65.6 Å². The van der Waals surface area contributed by atoms with Crippen molar-refractivity contribution in [2.75, 3.05) is 9.80 Å². The van der Waals surface area contributed by atoms with E-state index in [4.69, 9.17) is 0 Å². The molecule has 2 aliphatic rings. The first kappa shape index (κ1) is 30.2. The van der Waals surface area contributed by atoms with Crippen molar-refractivity contribution in [2.24, 2.45) is 0 Å². The molecule has 0 amide bonds. The number of fused-ring (bicyclic) bond motifs is 9. The van der Waals surface area contributed by atoms with Crippen molar-refractivity contribution in [3.63, 3.8) is 0 Å². The topological polar surface area (TPSA) is 6.48 Å². The van der Waals surface area contributed by atoms with Crippen LogP contribution in [0, 0.1) is 0 Å². The molecule has 0 radical (unpaired) electrons. The highest BCUT2D eigenvalue weighted by atomic mass is 32.1. The Kier molecular flexibility index (Phi) is 6.47. The van der Waals surface area contributed by atoms with Crippen LogP contribution in [0.5, 0.6) is 0 Å². The lowest BCUT2D eigenvalue weighted by Gasteiger charge is -2.43. The minimum atomic E-state index is -0.279. The third kappa shape index (κ3) is 4.34. The summed E-state index contributed by atoms with van der Waals surface area (Å²) in [6.45, 7) is 9.57. The normalized spacial score (nSPS) is 14.9. The summed E-state index contributed by atoms with van der Waals surface area (Å²) in [5, 5.41) is 2.71. The second kappa shape index (κ2) is 10.9. The third-order valence-corrected chi connectivity index (χ3v) is 12.5. The van der Waals surface area contributed by atoms with Gasteiger partial charge in [-0.2, -0.15) is 0 Å². The maximum absolute atomic E-state index is 2.48. The van der Waals surface area contributed by atoms with Gasteiger partial charge in [-0.05, 0) is 106 Å². The van der Waals surface area contributed by atoms with Crippen LogP contribution in [0.2, 0.25) is 0 Å². The van der Waals surface area contributed by atoms with Gasteiger partial charge in [0.25, 0.3) is 0 Å². The molecule has 8 aromatic rings. The number of rotatable bonds is 4. The van der Waals surface area contributed by atoms with Crippen molar-refractivity contribution in [3.05, 3.63) is 180 Å². The Labute approximate surface area is 303 Å². The standard InChI is InChI=1S/C48H38N2S/c1-47(2)38-21-13-11-19-35(38)36-25-23-33(29-39(36)47)49(31-15-7-5-8-16-31)34-24-26-41-40(30-34)48(3,4)46-42(50(41)32-17-9-6-10-18-32)27-28-44-45(46)37-20-12-14-22-43(37)51-44/h5-30H,1-4H3. The monoisotopic (exact) mass is 674 g/mol. The second-order valence-corrected chi connectivity index (χ2v) is 16.1. The summed E-state index contributed by atoms with van der Waals surface area (Å²) in [6.07, 6.45) is 0. The second-order valence-electron chi connectivity index (χ2n) is 15.0. The third-order valence-electron chi connectivity index (χ3n) is 11.4. The largest absolute Gasteiger partial charge is 0.310 e. The molecule has 1 aromatic heterocycles. The van der Waals surface area contributed by atoms with Crippen molar-refractivity contribution in [1.82, 2.24) is 0 Å². The van der Waals surface area contributed by atoms with Gasteiger partial charge in [0.2, 0.25) is 0 Å². The minimum Gasteiger partial charge on any atom is -0.310 e. The first-order valence-electron chi connectivity index (χ1n) is 17.9. The lowest BCUT2D eigenvalue weighted by molar-refractivity contribution is 0.638. The molecule has 246 valence electrons. The maximum atomic E-state index is 2.48. The molecule has 0 spiro atoms. The van der Waals surface area contributed by atoms with E-state index in [0.717, 1.165) is 11.4 Å². The maximum Gasteiger partial charge on any atom is 0.0509 e. The van der Waals surface area contributed by atoms with Crippen molar-refractivity contribution in [1.29, 1.82) is 0 Å². The van der Waals surface area contributed by atoms with E-state index in [-0.39, 0.29) is 10.8 Å². The van der Waals surface area contributed by atoms with Gasteiger partial charge in [0.15, 0.2) is 0 Å². The first-order valence-corrected chi connectivity index (χ1v) is 18.7. The van der Waals surface area contributed by atoms with E-state index in [1.807, 2.05) is 11.3 Å². The van der Waals surface area contributed by atoms with E-state index < -0.39 is 0 Å². The van der Waals surface area contributed by atoms with Crippen LogP contribution in [-0.2, 0) is 10.8 Å². The molecule has 2 heterocycles. The molecular formula is C48H38N2S. The highest BCUT2D eigenvalue weighted by Crippen LogP contribution is 2.57. The summed E-state index contributed by atoms with van der Waals surface area (Å²) in [5.74, 6) is 0. The quantitative estimate of drug-likeness (QED) is 0.183. The van der Waals surface area contributed by atoms with Gasteiger partial charge in [-0.15, -0.1) is 11.3 Å². The van der Waals surface area contributed by atoms with E-state index in [1.54, 1.807) is 0 Å². The van der Waals surface area contributed by atoms with Gasteiger partial charge in [-0.1, -0.05) is 113 Å². The Morgan fingerprint density at radius 2 is 1.10 bits per heavy atom. The summed E-state index contributed by atoms with van der Waals surface area (Å²) >= 11 is 1.89. The number of para-hydroxylation sites is 2. The summed E-state index contributed by atoms with van der Waals surface area (Å²) in [6, 6.07) is 58.4. The molecule has 7 aromatic carbocycles. The van der Waals surface area contributed by atoms with E-state index in [2.05, 4.69) is 195 Å². The van der Waals surface area contributed by atoms with Crippen LogP contribution >= 0.6 is 11.3 Å². The molecule has 2 nitrogen and oxygen atoms in total. The number of thiophene rings is 1. The Hall–Kier alpha value is -5.64. The number of hydrogen-bond acceptors (Lipinski definition) is 3. The molecule has 0 saturated carbocycles. The van der Waals surface area contributed by atoms with Crippen LogP contribution in [0.15, 0.2) is 158 Å². The van der Waals surface area contributed by atoms with Gasteiger partial charge in [0, 0.05) is 53.8 Å². The molecule has 1 aliphatic carbocycles. The van der Waals surface area contributed by atoms with Gasteiger partial charge in [0.05, 0.1) is 11.4 Å². The molecule has 0 fully saturated rings. The van der Waals surface area contributed by atoms with Gasteiger partial charge >= 0.3 is 0 Å². The van der Waals surface area contributed by atoms with Crippen molar-refractivity contribution < 1.29 is 0 Å². The van der Waals surface area contributed by atoms with Crippen LogP contribution in [0.3, 0.4) is 0 Å². The fourth-order valence-corrected chi connectivity index (χ4v) is 10.1. The SMILES string of the molecule is CC1(C)c2ccccc2-c2ccc(N(c3ccccc3)c3ccc4c(c3)C(C)(C)c3c(ccc5sc6ccccc6c35)N4c3ccccc3)cc21. The average molecular weight is 675 g/mol. The molecule has 51 heavy (non-hydrogen) atoms. The average Bonchev–Trinajstić information content (AvgIpc) is 3.65. The summed E-state index contributed by atoms with van der Waals surface area (Å²) in [7, 11) is 0. The number of benzene rings is 7. The highest BCUT2D eigenvalue weighted by Gasteiger charge is 2.40. The molecule has 0 bridgehead atoms. The Morgan fingerprint density at radius 3 is 1.90 bits per heavy atom.